The molecule has 0 saturated carbocycles. The SMILES string of the molecule is CCC(N)CSCC(=O)NC. The van der Waals surface area contributed by atoms with Crippen LogP contribution in [0.4, 0.5) is 0 Å². The summed E-state index contributed by atoms with van der Waals surface area (Å²) < 4.78 is 0. The van der Waals surface area contributed by atoms with Crippen molar-refractivity contribution in [3.05, 3.63) is 0 Å². The van der Waals surface area contributed by atoms with E-state index in [0.29, 0.717) is 5.75 Å². The summed E-state index contributed by atoms with van der Waals surface area (Å²) in [6, 6.07) is 0.227. The van der Waals surface area contributed by atoms with Crippen LogP contribution in [-0.4, -0.2) is 30.5 Å². The molecule has 0 aromatic carbocycles. The maximum atomic E-state index is 10.7. The van der Waals surface area contributed by atoms with Gasteiger partial charge in [-0.25, -0.2) is 0 Å². The molecule has 0 bridgehead atoms. The Balaban J connectivity index is 3.20. The summed E-state index contributed by atoms with van der Waals surface area (Å²) in [5.41, 5.74) is 5.65. The quantitative estimate of drug-likeness (QED) is 0.629. The molecule has 0 aliphatic carbocycles. The monoisotopic (exact) mass is 176 g/mol. The molecule has 11 heavy (non-hydrogen) atoms. The van der Waals surface area contributed by atoms with Gasteiger partial charge >= 0.3 is 0 Å². The van der Waals surface area contributed by atoms with E-state index in [4.69, 9.17) is 5.73 Å². The summed E-state index contributed by atoms with van der Waals surface area (Å²) >= 11 is 1.58. The van der Waals surface area contributed by atoms with E-state index < -0.39 is 0 Å². The van der Waals surface area contributed by atoms with E-state index in [0.717, 1.165) is 12.2 Å². The van der Waals surface area contributed by atoms with Crippen molar-refractivity contribution >= 4 is 17.7 Å². The Kier molecular flexibility index (Phi) is 6.36. The molecule has 0 aromatic heterocycles. The topological polar surface area (TPSA) is 55.1 Å². The van der Waals surface area contributed by atoms with Gasteiger partial charge in [0.15, 0.2) is 0 Å². The Bertz CT molecular complexity index is 119. The van der Waals surface area contributed by atoms with Crippen molar-refractivity contribution in [2.45, 2.75) is 19.4 Å². The van der Waals surface area contributed by atoms with Crippen LogP contribution < -0.4 is 11.1 Å². The molecule has 1 unspecified atom stereocenters. The van der Waals surface area contributed by atoms with Crippen LogP contribution in [0.15, 0.2) is 0 Å². The first kappa shape index (κ1) is 10.8. The summed E-state index contributed by atoms with van der Waals surface area (Å²) in [5.74, 6) is 1.45. The summed E-state index contributed by atoms with van der Waals surface area (Å²) in [4.78, 5) is 10.7. The van der Waals surface area contributed by atoms with Crippen molar-refractivity contribution in [3.63, 3.8) is 0 Å². The van der Waals surface area contributed by atoms with Crippen molar-refractivity contribution in [1.82, 2.24) is 5.32 Å². The number of nitrogens with one attached hydrogen (secondary N) is 1. The van der Waals surface area contributed by atoms with Gasteiger partial charge in [0.2, 0.25) is 5.91 Å². The van der Waals surface area contributed by atoms with E-state index in [2.05, 4.69) is 5.32 Å². The van der Waals surface area contributed by atoms with E-state index in [1.807, 2.05) is 6.92 Å². The predicted octanol–water partition coefficient (Wildman–Crippen LogP) is 0.203. The highest BCUT2D eigenvalue weighted by atomic mass is 32.2. The van der Waals surface area contributed by atoms with Crippen LogP contribution >= 0.6 is 11.8 Å². The molecule has 0 fully saturated rings. The molecule has 0 radical (unpaired) electrons. The van der Waals surface area contributed by atoms with Crippen LogP contribution in [0.25, 0.3) is 0 Å². The largest absolute Gasteiger partial charge is 0.358 e. The fourth-order valence-corrected chi connectivity index (χ4v) is 1.48. The predicted molar refractivity (Wildman–Crippen MR) is 49.7 cm³/mol. The molecule has 0 rings (SSSR count). The first-order valence-corrected chi connectivity index (χ1v) is 4.90. The molecule has 0 heterocycles. The molecular formula is C7H16N2OS. The number of thioether (sulfide) groups is 1. The van der Waals surface area contributed by atoms with Crippen molar-refractivity contribution in [2.24, 2.45) is 5.73 Å². The van der Waals surface area contributed by atoms with E-state index in [-0.39, 0.29) is 11.9 Å². The van der Waals surface area contributed by atoms with E-state index in [9.17, 15) is 4.79 Å². The summed E-state index contributed by atoms with van der Waals surface area (Å²) in [6.07, 6.45) is 0.973. The lowest BCUT2D eigenvalue weighted by atomic mass is 10.3. The third-order valence-corrected chi connectivity index (χ3v) is 2.50. The minimum absolute atomic E-state index is 0.0679. The van der Waals surface area contributed by atoms with Crippen molar-refractivity contribution < 1.29 is 4.79 Å². The first-order valence-electron chi connectivity index (χ1n) is 3.74. The van der Waals surface area contributed by atoms with Crippen LogP contribution in [0.2, 0.25) is 0 Å². The zero-order valence-electron chi connectivity index (χ0n) is 7.09. The van der Waals surface area contributed by atoms with Crippen molar-refractivity contribution in [2.75, 3.05) is 18.6 Å². The molecule has 0 spiro atoms. The number of rotatable bonds is 5. The lowest BCUT2D eigenvalue weighted by Crippen LogP contribution is -2.24. The van der Waals surface area contributed by atoms with Gasteiger partial charge in [-0.1, -0.05) is 6.92 Å². The van der Waals surface area contributed by atoms with E-state index >= 15 is 0 Å². The third kappa shape index (κ3) is 6.19. The minimum Gasteiger partial charge on any atom is -0.358 e. The normalized spacial score (nSPS) is 12.6. The first-order chi connectivity index (χ1) is 5.20. The lowest BCUT2D eigenvalue weighted by molar-refractivity contribution is -0.118. The van der Waals surface area contributed by atoms with Gasteiger partial charge in [0.05, 0.1) is 5.75 Å². The van der Waals surface area contributed by atoms with Crippen LogP contribution in [-0.2, 0) is 4.79 Å². The number of nitrogens with two attached hydrogens (primary N) is 1. The fourth-order valence-electron chi connectivity index (χ4n) is 0.493. The van der Waals surface area contributed by atoms with Crippen molar-refractivity contribution in [1.29, 1.82) is 0 Å². The number of amides is 1. The second kappa shape index (κ2) is 6.49. The molecule has 0 saturated heterocycles. The number of carbonyl (C=O) groups excluding carboxylic acids is 1. The lowest BCUT2D eigenvalue weighted by Gasteiger charge is -2.06. The Morgan fingerprint density at radius 2 is 2.36 bits per heavy atom. The summed E-state index contributed by atoms with van der Waals surface area (Å²) in [6.45, 7) is 2.05. The highest BCUT2D eigenvalue weighted by Crippen LogP contribution is 2.02. The Morgan fingerprint density at radius 3 is 2.82 bits per heavy atom. The van der Waals surface area contributed by atoms with Gasteiger partial charge in [-0.15, -0.1) is 0 Å². The van der Waals surface area contributed by atoms with Crippen LogP contribution in [0, 0.1) is 0 Å². The van der Waals surface area contributed by atoms with Gasteiger partial charge in [-0.3, -0.25) is 4.79 Å². The average Bonchev–Trinajstić information content (AvgIpc) is 2.04. The van der Waals surface area contributed by atoms with Gasteiger partial charge in [-0.2, -0.15) is 11.8 Å². The van der Waals surface area contributed by atoms with Gasteiger partial charge in [0, 0.05) is 18.8 Å². The second-order valence-corrected chi connectivity index (χ2v) is 3.39. The summed E-state index contributed by atoms with van der Waals surface area (Å²) in [5, 5.41) is 2.56. The van der Waals surface area contributed by atoms with Crippen LogP contribution in [0.3, 0.4) is 0 Å². The number of hydrogen-bond acceptors (Lipinski definition) is 3. The maximum absolute atomic E-state index is 10.7. The Hall–Kier alpha value is -0.220. The van der Waals surface area contributed by atoms with E-state index in [1.54, 1.807) is 18.8 Å². The molecule has 0 aliphatic rings. The molecule has 3 N–H and O–H groups in total. The summed E-state index contributed by atoms with van der Waals surface area (Å²) in [7, 11) is 1.64. The molecule has 3 nitrogen and oxygen atoms in total. The van der Waals surface area contributed by atoms with Gasteiger partial charge in [0.1, 0.15) is 0 Å². The fraction of sp³-hybridized carbons (Fsp3) is 0.857. The molecule has 1 atom stereocenters. The van der Waals surface area contributed by atoms with Gasteiger partial charge in [0.25, 0.3) is 0 Å². The second-order valence-electron chi connectivity index (χ2n) is 2.36. The number of hydrogen-bond donors (Lipinski definition) is 2. The third-order valence-electron chi connectivity index (χ3n) is 1.37. The minimum atomic E-state index is 0.0679. The molecule has 0 aromatic rings. The van der Waals surface area contributed by atoms with Gasteiger partial charge in [-0.05, 0) is 6.42 Å². The molecule has 4 heteroatoms. The zero-order valence-corrected chi connectivity index (χ0v) is 7.91. The Labute approximate surface area is 72.1 Å². The van der Waals surface area contributed by atoms with Crippen molar-refractivity contribution in [3.8, 4) is 0 Å². The number of carbonyl (C=O) groups is 1. The smallest absolute Gasteiger partial charge is 0.229 e. The Morgan fingerprint density at radius 1 is 1.73 bits per heavy atom. The molecule has 66 valence electrons. The highest BCUT2D eigenvalue weighted by Gasteiger charge is 2.01. The molecule has 1 amide bonds. The standard InChI is InChI=1S/C7H16N2OS/c1-3-6(8)4-11-5-7(10)9-2/h6H,3-5,8H2,1-2H3,(H,9,10). The van der Waals surface area contributed by atoms with Crippen LogP contribution in [0.5, 0.6) is 0 Å². The van der Waals surface area contributed by atoms with Crippen LogP contribution in [0.1, 0.15) is 13.3 Å². The maximum Gasteiger partial charge on any atom is 0.229 e. The highest BCUT2D eigenvalue weighted by molar-refractivity contribution is 7.99. The zero-order chi connectivity index (χ0) is 8.69. The van der Waals surface area contributed by atoms with E-state index in [1.165, 1.54) is 0 Å². The van der Waals surface area contributed by atoms with Gasteiger partial charge < -0.3 is 11.1 Å². The molecule has 0 aliphatic heterocycles. The molecular weight excluding hydrogens is 160 g/mol. The average molecular weight is 176 g/mol.